The van der Waals surface area contributed by atoms with Crippen molar-refractivity contribution in [3.63, 3.8) is 0 Å². The molecule has 2 N–H and O–H groups in total. The van der Waals surface area contributed by atoms with Crippen molar-refractivity contribution in [2.75, 3.05) is 0 Å². The lowest BCUT2D eigenvalue weighted by Crippen LogP contribution is -2.26. The van der Waals surface area contributed by atoms with Gasteiger partial charge in [0.05, 0.1) is 17.8 Å². The molecule has 0 radical (unpaired) electrons. The van der Waals surface area contributed by atoms with E-state index in [0.717, 1.165) is 34.7 Å². The van der Waals surface area contributed by atoms with E-state index >= 15 is 0 Å². The Hall–Kier alpha value is -2.13. The average molecular weight is 305 g/mol. The number of nitrogens with zero attached hydrogens (tertiary/aromatic N) is 1. The van der Waals surface area contributed by atoms with Gasteiger partial charge in [0.15, 0.2) is 0 Å². The van der Waals surface area contributed by atoms with E-state index in [9.17, 15) is 10.2 Å². The summed E-state index contributed by atoms with van der Waals surface area (Å²) >= 11 is 0. The zero-order chi connectivity index (χ0) is 15.6. The van der Waals surface area contributed by atoms with E-state index in [1.165, 1.54) is 30.0 Å². The SMILES string of the molecule is Oc1cnc2c3c(c4ccccc4c2c1)CC1CCC[C@@H]1[C@@H]3O. The minimum Gasteiger partial charge on any atom is -0.506 e. The van der Waals surface area contributed by atoms with Crippen LogP contribution in [0.5, 0.6) is 5.75 Å². The van der Waals surface area contributed by atoms with Crippen molar-refractivity contribution in [3.05, 3.63) is 47.7 Å². The average Bonchev–Trinajstić information content (AvgIpc) is 3.04. The van der Waals surface area contributed by atoms with Gasteiger partial charge in [-0.25, -0.2) is 0 Å². The molecule has 5 rings (SSSR count). The largest absolute Gasteiger partial charge is 0.506 e. The van der Waals surface area contributed by atoms with Crippen LogP contribution in [0.1, 0.15) is 36.5 Å². The zero-order valence-electron chi connectivity index (χ0n) is 12.9. The highest BCUT2D eigenvalue weighted by Gasteiger charge is 2.40. The number of aliphatic hydroxyl groups is 1. The molecule has 23 heavy (non-hydrogen) atoms. The molecule has 1 unspecified atom stereocenters. The van der Waals surface area contributed by atoms with Gasteiger partial charge in [0.2, 0.25) is 0 Å². The first kappa shape index (κ1) is 13.3. The Kier molecular flexibility index (Phi) is 2.71. The first-order valence-corrected chi connectivity index (χ1v) is 8.44. The fraction of sp³-hybridized carbons (Fsp3) is 0.350. The van der Waals surface area contributed by atoms with Crippen LogP contribution in [-0.2, 0) is 6.42 Å². The molecule has 2 aliphatic carbocycles. The van der Waals surface area contributed by atoms with Crippen LogP contribution in [0.2, 0.25) is 0 Å². The van der Waals surface area contributed by atoms with Crippen molar-refractivity contribution in [2.45, 2.75) is 31.8 Å². The van der Waals surface area contributed by atoms with Crippen molar-refractivity contribution >= 4 is 21.7 Å². The quantitative estimate of drug-likeness (QED) is 0.615. The maximum atomic E-state index is 11.1. The predicted octanol–water partition coefficient (Wildman–Crippen LogP) is 4.10. The lowest BCUT2D eigenvalue weighted by molar-refractivity contribution is 0.0758. The molecule has 3 aromatic rings. The summed E-state index contributed by atoms with van der Waals surface area (Å²) in [5, 5.41) is 24.2. The molecule has 3 heteroatoms. The normalized spacial score (nSPS) is 26.4. The minimum atomic E-state index is -0.435. The standard InChI is InChI=1S/C20H19NO2/c22-12-9-17-15-6-2-1-5-14(15)16-8-11-4-3-7-13(11)20(23)18(16)19(17)21-10-12/h1-2,5-6,9-11,13,20,22-23H,3-4,7-8H2/t11?,13-,20-/m0/s1. The summed E-state index contributed by atoms with van der Waals surface area (Å²) in [5.41, 5.74) is 3.12. The van der Waals surface area contributed by atoms with Gasteiger partial charge in [0, 0.05) is 10.9 Å². The molecule has 3 nitrogen and oxygen atoms in total. The molecule has 0 saturated heterocycles. The zero-order valence-corrected chi connectivity index (χ0v) is 12.9. The Labute approximate surface area is 134 Å². The number of aromatic nitrogens is 1. The summed E-state index contributed by atoms with van der Waals surface area (Å²) < 4.78 is 0. The van der Waals surface area contributed by atoms with E-state index in [-0.39, 0.29) is 5.75 Å². The van der Waals surface area contributed by atoms with Gasteiger partial charge in [0.25, 0.3) is 0 Å². The maximum absolute atomic E-state index is 11.1. The first-order valence-electron chi connectivity index (χ1n) is 8.44. The molecule has 1 fully saturated rings. The second-order valence-corrected chi connectivity index (χ2v) is 7.03. The number of benzene rings is 2. The van der Waals surface area contributed by atoms with Crippen LogP contribution in [0.3, 0.4) is 0 Å². The molecule has 1 saturated carbocycles. The molecule has 1 heterocycles. The van der Waals surface area contributed by atoms with E-state index in [2.05, 4.69) is 23.2 Å². The third kappa shape index (κ3) is 1.77. The number of hydrogen-bond acceptors (Lipinski definition) is 3. The van der Waals surface area contributed by atoms with Crippen LogP contribution in [0, 0.1) is 11.8 Å². The van der Waals surface area contributed by atoms with Crippen LogP contribution in [0.25, 0.3) is 21.7 Å². The summed E-state index contributed by atoms with van der Waals surface area (Å²) in [7, 11) is 0. The second kappa shape index (κ2) is 4.68. The molecule has 0 bridgehead atoms. The van der Waals surface area contributed by atoms with Crippen molar-refractivity contribution in [3.8, 4) is 5.75 Å². The molecule has 3 atom stereocenters. The summed E-state index contributed by atoms with van der Waals surface area (Å²) in [6.45, 7) is 0. The molecular weight excluding hydrogens is 286 g/mol. The molecule has 2 aromatic carbocycles. The van der Waals surface area contributed by atoms with Gasteiger partial charge in [-0.1, -0.05) is 30.7 Å². The van der Waals surface area contributed by atoms with Gasteiger partial charge in [-0.15, -0.1) is 0 Å². The van der Waals surface area contributed by atoms with Crippen molar-refractivity contribution in [2.24, 2.45) is 11.8 Å². The molecular formula is C20H19NO2. The van der Waals surface area contributed by atoms with E-state index in [1.807, 2.05) is 6.07 Å². The molecule has 0 aliphatic heterocycles. The molecule has 0 amide bonds. The van der Waals surface area contributed by atoms with E-state index in [0.29, 0.717) is 11.8 Å². The topological polar surface area (TPSA) is 53.4 Å². The smallest absolute Gasteiger partial charge is 0.134 e. The van der Waals surface area contributed by atoms with Crippen LogP contribution in [0.15, 0.2) is 36.5 Å². The fourth-order valence-electron chi connectivity index (χ4n) is 4.89. The van der Waals surface area contributed by atoms with Crippen LogP contribution < -0.4 is 0 Å². The number of pyridine rings is 1. The summed E-state index contributed by atoms with van der Waals surface area (Å²) in [5.74, 6) is 1.13. The highest BCUT2D eigenvalue weighted by atomic mass is 16.3. The summed E-state index contributed by atoms with van der Waals surface area (Å²) in [4.78, 5) is 4.50. The van der Waals surface area contributed by atoms with Crippen molar-refractivity contribution < 1.29 is 10.2 Å². The number of hydrogen-bond donors (Lipinski definition) is 2. The third-order valence-electron chi connectivity index (χ3n) is 5.88. The predicted molar refractivity (Wildman–Crippen MR) is 90.4 cm³/mol. The number of aromatic hydroxyl groups is 1. The van der Waals surface area contributed by atoms with Gasteiger partial charge in [-0.3, -0.25) is 4.98 Å². The van der Waals surface area contributed by atoms with Gasteiger partial charge >= 0.3 is 0 Å². The van der Waals surface area contributed by atoms with Crippen LogP contribution >= 0.6 is 0 Å². The van der Waals surface area contributed by atoms with Crippen LogP contribution in [-0.4, -0.2) is 15.2 Å². The Morgan fingerprint density at radius 3 is 2.74 bits per heavy atom. The number of fused-ring (bicyclic) bond motifs is 7. The molecule has 2 aliphatic rings. The van der Waals surface area contributed by atoms with Crippen molar-refractivity contribution in [1.82, 2.24) is 4.98 Å². The molecule has 116 valence electrons. The highest BCUT2D eigenvalue weighted by Crippen LogP contribution is 2.50. The summed E-state index contributed by atoms with van der Waals surface area (Å²) in [6, 6.07) is 10.1. The minimum absolute atomic E-state index is 0.173. The lowest BCUT2D eigenvalue weighted by atomic mass is 9.73. The maximum Gasteiger partial charge on any atom is 0.134 e. The first-order chi connectivity index (χ1) is 11.2. The van der Waals surface area contributed by atoms with Gasteiger partial charge in [-0.05, 0) is 53.5 Å². The van der Waals surface area contributed by atoms with Crippen LogP contribution in [0.4, 0.5) is 0 Å². The monoisotopic (exact) mass is 305 g/mol. The Balaban J connectivity index is 1.94. The van der Waals surface area contributed by atoms with Gasteiger partial charge in [-0.2, -0.15) is 0 Å². The fourth-order valence-corrected chi connectivity index (χ4v) is 4.89. The molecule has 0 spiro atoms. The van der Waals surface area contributed by atoms with Crippen molar-refractivity contribution in [1.29, 1.82) is 0 Å². The second-order valence-electron chi connectivity index (χ2n) is 7.03. The van der Waals surface area contributed by atoms with Gasteiger partial charge < -0.3 is 10.2 Å². The lowest BCUT2D eigenvalue weighted by Gasteiger charge is -2.34. The van der Waals surface area contributed by atoms with Gasteiger partial charge in [0.1, 0.15) is 5.75 Å². The highest BCUT2D eigenvalue weighted by molar-refractivity contribution is 6.10. The number of aliphatic hydroxyl groups excluding tert-OH is 1. The Bertz CT molecular complexity index is 934. The third-order valence-corrected chi connectivity index (χ3v) is 5.88. The molecule has 1 aromatic heterocycles. The van der Waals surface area contributed by atoms with E-state index in [1.54, 1.807) is 6.07 Å². The summed E-state index contributed by atoms with van der Waals surface area (Å²) in [6.07, 6.45) is 5.63. The Morgan fingerprint density at radius 1 is 1.04 bits per heavy atom. The van der Waals surface area contributed by atoms with E-state index in [4.69, 9.17) is 0 Å². The number of rotatable bonds is 0. The Morgan fingerprint density at radius 2 is 1.87 bits per heavy atom. The van der Waals surface area contributed by atoms with E-state index < -0.39 is 6.10 Å².